The van der Waals surface area contributed by atoms with Crippen LogP contribution in [0.5, 0.6) is 0 Å². The van der Waals surface area contributed by atoms with E-state index in [0.717, 1.165) is 11.8 Å². The molecule has 0 radical (unpaired) electrons. The fourth-order valence-corrected chi connectivity index (χ4v) is 1.65. The van der Waals surface area contributed by atoms with Crippen LogP contribution in [-0.2, 0) is 7.05 Å². The zero-order valence-electron chi connectivity index (χ0n) is 8.58. The molecule has 0 N–H and O–H groups in total. The van der Waals surface area contributed by atoms with Gasteiger partial charge in [0.25, 0.3) is 0 Å². The number of halogens is 3. The first kappa shape index (κ1) is 15.8. The minimum Gasteiger partial charge on any atom is -0.445 e. The van der Waals surface area contributed by atoms with Crippen LogP contribution in [0.25, 0.3) is 0 Å². The van der Waals surface area contributed by atoms with Gasteiger partial charge in [0.2, 0.25) is 0 Å². The summed E-state index contributed by atoms with van der Waals surface area (Å²) in [5.41, 5.74) is -0.682. The largest absolute Gasteiger partial charge is 1.00 e. The van der Waals surface area contributed by atoms with Crippen LogP contribution in [0.3, 0.4) is 0 Å². The number of aromatic nitrogens is 2. The minimum atomic E-state index is -4.92. The summed E-state index contributed by atoms with van der Waals surface area (Å²) < 4.78 is 38.0. The molecule has 0 spiro atoms. The summed E-state index contributed by atoms with van der Waals surface area (Å²) >= 11 is 1.04. The van der Waals surface area contributed by atoms with Gasteiger partial charge in [-0.25, -0.2) is 4.98 Å². The van der Waals surface area contributed by atoms with Gasteiger partial charge in [-0.05, 0) is 5.75 Å². The van der Waals surface area contributed by atoms with Crippen LogP contribution in [0.1, 0.15) is 0 Å². The maximum atomic E-state index is 12.1. The number of nitrogens with zero attached hydrogens (tertiary/aromatic N) is 2. The number of rotatable bonds is 4. The summed E-state index contributed by atoms with van der Waals surface area (Å²) in [5, 5.41) is 0.561. The topological polar surface area (TPSA) is 17.8 Å². The molecule has 0 bridgehead atoms. The molecule has 1 rings (SSSR count). The summed E-state index contributed by atoms with van der Waals surface area (Å²) in [6, 6.07) is 0. The van der Waals surface area contributed by atoms with E-state index in [4.69, 9.17) is 0 Å². The third-order valence-electron chi connectivity index (χ3n) is 1.63. The van der Waals surface area contributed by atoms with Crippen LogP contribution in [0.2, 0.25) is 0 Å². The van der Waals surface area contributed by atoms with Crippen LogP contribution >= 0.6 is 11.8 Å². The van der Waals surface area contributed by atoms with Crippen molar-refractivity contribution in [3.8, 4) is 0 Å². The van der Waals surface area contributed by atoms with Gasteiger partial charge < -0.3 is 17.5 Å². The molecule has 0 saturated carbocycles. The average molecular weight is 260 g/mol. The zero-order chi connectivity index (χ0) is 10.8. The quantitative estimate of drug-likeness (QED) is 0.534. The molecule has 1 heterocycles. The molecule has 78 valence electrons. The molecule has 0 aliphatic carbocycles. The van der Waals surface area contributed by atoms with Crippen LogP contribution in [0.4, 0.5) is 12.9 Å². The van der Waals surface area contributed by atoms with Gasteiger partial charge in [0.05, 0.1) is 0 Å². The number of aryl methyl sites for hydroxylation is 1. The Balaban J connectivity index is 0.00000196. The smallest absolute Gasteiger partial charge is 0.445 e. The summed E-state index contributed by atoms with van der Waals surface area (Å²) in [6.45, 7) is -1.92. The second-order valence-electron chi connectivity index (χ2n) is 2.84. The molecular weight excluding hydrogens is 251 g/mol. The van der Waals surface area contributed by atoms with Crippen molar-refractivity contribution >= 4 is 18.7 Å². The molecule has 8 heteroatoms. The molecule has 1 aromatic rings. The third kappa shape index (κ3) is 5.10. The van der Waals surface area contributed by atoms with Gasteiger partial charge in [-0.2, -0.15) is 0 Å². The maximum absolute atomic E-state index is 12.1. The molecule has 0 aliphatic rings. The summed E-state index contributed by atoms with van der Waals surface area (Å²) in [4.78, 5) is 3.89. The fraction of sp³-hybridized carbons (Fsp3) is 0.286. The van der Waals surface area contributed by atoms with Crippen LogP contribution in [-0.4, -0.2) is 22.3 Å². The zero-order valence-corrected chi connectivity index (χ0v) is 12.5. The first-order chi connectivity index (χ1) is 6.41. The van der Waals surface area contributed by atoms with Crippen LogP contribution in [0.15, 0.2) is 29.6 Å². The van der Waals surface area contributed by atoms with Crippen molar-refractivity contribution in [1.29, 1.82) is 0 Å². The van der Waals surface area contributed by atoms with E-state index in [-0.39, 0.29) is 57.1 Å². The second kappa shape index (κ2) is 6.51. The molecular formula is C7H9BF3KN2S. The van der Waals surface area contributed by atoms with Crippen molar-refractivity contribution in [2.24, 2.45) is 7.05 Å². The second-order valence-corrected chi connectivity index (χ2v) is 3.78. The number of hydrogen-bond acceptors (Lipinski definition) is 2. The predicted molar refractivity (Wildman–Crippen MR) is 52.2 cm³/mol. The molecule has 15 heavy (non-hydrogen) atoms. The van der Waals surface area contributed by atoms with Gasteiger partial charge in [0.1, 0.15) is 0 Å². The Hall–Kier alpha value is 0.791. The normalized spacial score (nSPS) is 10.9. The summed E-state index contributed by atoms with van der Waals surface area (Å²) in [7, 11) is 1.73. The van der Waals surface area contributed by atoms with E-state index < -0.39 is 12.4 Å². The van der Waals surface area contributed by atoms with Crippen molar-refractivity contribution < 1.29 is 64.3 Å². The molecule has 0 atom stereocenters. The van der Waals surface area contributed by atoms with E-state index in [9.17, 15) is 12.9 Å². The Morgan fingerprint density at radius 3 is 2.60 bits per heavy atom. The van der Waals surface area contributed by atoms with Gasteiger partial charge in [-0.1, -0.05) is 11.8 Å². The van der Waals surface area contributed by atoms with Crippen molar-refractivity contribution in [3.05, 3.63) is 24.4 Å². The van der Waals surface area contributed by atoms with Crippen LogP contribution in [0, 0.1) is 0 Å². The number of thioether (sulfide) groups is 1. The number of imidazole rings is 1. The Bertz CT molecular complexity index is 339. The SMILES string of the molecule is C=C(CSc1nccn1C)[B-](F)(F)F.[K+]. The standard InChI is InChI=1S/C7H9BF3N2S.K/c1-6(8(9,10)11)5-14-7-12-3-4-13(7)2;/h3-4H,1,5H2,2H3;/q-1;+1. The summed E-state index contributed by atoms with van der Waals surface area (Å²) in [6.07, 6.45) is 3.23. The van der Waals surface area contributed by atoms with Crippen LogP contribution < -0.4 is 51.4 Å². The van der Waals surface area contributed by atoms with Gasteiger partial charge in [0.15, 0.2) is 5.16 Å². The Morgan fingerprint density at radius 2 is 2.20 bits per heavy atom. The van der Waals surface area contributed by atoms with E-state index in [2.05, 4.69) is 11.6 Å². The van der Waals surface area contributed by atoms with E-state index in [1.54, 1.807) is 24.0 Å². The Kier molecular flexibility index (Phi) is 6.85. The summed E-state index contributed by atoms with van der Waals surface area (Å²) in [5.74, 6) is -0.158. The van der Waals surface area contributed by atoms with Gasteiger partial charge in [0, 0.05) is 19.4 Å². The number of hydrogen-bond donors (Lipinski definition) is 0. The Morgan fingerprint density at radius 1 is 1.60 bits per heavy atom. The first-order valence-corrected chi connectivity index (χ1v) is 4.87. The fourth-order valence-electron chi connectivity index (χ4n) is 0.743. The average Bonchev–Trinajstić information content (AvgIpc) is 2.45. The molecule has 1 aromatic heterocycles. The van der Waals surface area contributed by atoms with E-state index in [1.807, 2.05) is 0 Å². The van der Waals surface area contributed by atoms with Gasteiger partial charge in [-0.3, -0.25) is 0 Å². The van der Waals surface area contributed by atoms with Gasteiger partial charge >= 0.3 is 58.4 Å². The first-order valence-electron chi connectivity index (χ1n) is 3.89. The molecule has 0 amide bonds. The molecule has 0 aromatic carbocycles. The van der Waals surface area contributed by atoms with Crippen molar-refractivity contribution in [3.63, 3.8) is 0 Å². The third-order valence-corrected chi connectivity index (χ3v) is 2.79. The molecule has 0 aliphatic heterocycles. The predicted octanol–water partition coefficient (Wildman–Crippen LogP) is -0.541. The van der Waals surface area contributed by atoms with Crippen molar-refractivity contribution in [2.75, 3.05) is 5.75 Å². The Labute approximate surface area is 133 Å². The molecule has 0 unspecified atom stereocenters. The van der Waals surface area contributed by atoms with Crippen molar-refractivity contribution in [1.82, 2.24) is 9.55 Å². The van der Waals surface area contributed by atoms with Gasteiger partial charge in [-0.15, -0.1) is 12.1 Å². The molecule has 2 nitrogen and oxygen atoms in total. The molecule has 0 fully saturated rings. The van der Waals surface area contributed by atoms with E-state index >= 15 is 0 Å². The van der Waals surface area contributed by atoms with E-state index in [1.165, 1.54) is 0 Å². The van der Waals surface area contributed by atoms with Crippen molar-refractivity contribution in [2.45, 2.75) is 5.16 Å². The monoisotopic (exact) mass is 260 g/mol. The molecule has 0 saturated heterocycles. The van der Waals surface area contributed by atoms with E-state index in [0.29, 0.717) is 5.16 Å². The maximum Gasteiger partial charge on any atom is 1.00 e. The minimum absolute atomic E-state index is 0.